The van der Waals surface area contributed by atoms with Gasteiger partial charge in [0.05, 0.1) is 11.5 Å². The standard InChI is InChI=1S/C20H26N2O4S/c1-15-9-11-18(12-10-15)27(24,25)22-19(13-17-7-5-4-6-8-17)20(23)21-16(2)14-26-3/h4-12,16,19,22H,13-14H2,1-3H3,(H,21,23)/t16-,19-/m0/s1. The van der Waals surface area contributed by atoms with E-state index in [1.54, 1.807) is 26.2 Å². The van der Waals surface area contributed by atoms with Gasteiger partial charge in [-0.15, -0.1) is 0 Å². The molecule has 27 heavy (non-hydrogen) atoms. The van der Waals surface area contributed by atoms with Crippen LogP contribution in [-0.2, 0) is 26.0 Å². The van der Waals surface area contributed by atoms with Crippen molar-refractivity contribution in [1.82, 2.24) is 10.0 Å². The van der Waals surface area contributed by atoms with Gasteiger partial charge in [-0.2, -0.15) is 4.72 Å². The van der Waals surface area contributed by atoms with E-state index in [4.69, 9.17) is 4.74 Å². The molecule has 0 radical (unpaired) electrons. The molecule has 2 N–H and O–H groups in total. The highest BCUT2D eigenvalue weighted by Gasteiger charge is 2.26. The number of hydrogen-bond acceptors (Lipinski definition) is 4. The van der Waals surface area contributed by atoms with Gasteiger partial charge in [-0.1, -0.05) is 48.0 Å². The van der Waals surface area contributed by atoms with Gasteiger partial charge in [0.1, 0.15) is 6.04 Å². The summed E-state index contributed by atoms with van der Waals surface area (Å²) < 4.78 is 33.1. The van der Waals surface area contributed by atoms with E-state index in [0.717, 1.165) is 11.1 Å². The Bertz CT molecular complexity index is 836. The Morgan fingerprint density at radius 3 is 2.30 bits per heavy atom. The first kappa shape index (κ1) is 21.1. The molecular formula is C20H26N2O4S. The van der Waals surface area contributed by atoms with E-state index in [2.05, 4.69) is 10.0 Å². The van der Waals surface area contributed by atoms with Crippen LogP contribution in [0, 0.1) is 6.92 Å². The van der Waals surface area contributed by atoms with Crippen molar-refractivity contribution in [3.05, 3.63) is 65.7 Å². The van der Waals surface area contributed by atoms with Crippen LogP contribution in [-0.4, -0.2) is 40.1 Å². The number of carbonyl (C=O) groups is 1. The Kier molecular flexibility index (Phi) is 7.53. The third kappa shape index (κ3) is 6.46. The van der Waals surface area contributed by atoms with Gasteiger partial charge in [0.2, 0.25) is 15.9 Å². The van der Waals surface area contributed by atoms with E-state index in [0.29, 0.717) is 6.61 Å². The highest BCUT2D eigenvalue weighted by Crippen LogP contribution is 2.12. The van der Waals surface area contributed by atoms with Crippen LogP contribution in [0.5, 0.6) is 0 Å². The summed E-state index contributed by atoms with van der Waals surface area (Å²) in [5.74, 6) is -0.390. The smallest absolute Gasteiger partial charge is 0.241 e. The zero-order chi connectivity index (χ0) is 19.9. The van der Waals surface area contributed by atoms with Gasteiger partial charge in [-0.05, 0) is 38.0 Å². The van der Waals surface area contributed by atoms with Crippen molar-refractivity contribution in [3.63, 3.8) is 0 Å². The summed E-state index contributed by atoms with van der Waals surface area (Å²) in [7, 11) is -2.29. The molecule has 2 atom stereocenters. The number of nitrogens with one attached hydrogen (secondary N) is 2. The van der Waals surface area contributed by atoms with Crippen molar-refractivity contribution in [3.8, 4) is 0 Å². The van der Waals surface area contributed by atoms with Crippen LogP contribution in [0.1, 0.15) is 18.1 Å². The summed E-state index contributed by atoms with van der Waals surface area (Å²) in [4.78, 5) is 12.8. The molecule has 0 saturated heterocycles. The van der Waals surface area contributed by atoms with Crippen LogP contribution in [0.3, 0.4) is 0 Å². The van der Waals surface area contributed by atoms with Crippen LogP contribution < -0.4 is 10.0 Å². The Labute approximate surface area is 161 Å². The lowest BCUT2D eigenvalue weighted by atomic mass is 10.1. The third-order valence-electron chi connectivity index (χ3n) is 4.03. The quantitative estimate of drug-likeness (QED) is 0.686. The highest BCUT2D eigenvalue weighted by atomic mass is 32.2. The molecule has 2 aromatic carbocycles. The minimum atomic E-state index is -3.83. The van der Waals surface area contributed by atoms with Crippen LogP contribution in [0.2, 0.25) is 0 Å². The average Bonchev–Trinajstić information content (AvgIpc) is 2.62. The number of hydrogen-bond donors (Lipinski definition) is 2. The van der Waals surface area contributed by atoms with Crippen molar-refractivity contribution in [2.45, 2.75) is 37.2 Å². The van der Waals surface area contributed by atoms with Crippen LogP contribution in [0.4, 0.5) is 0 Å². The summed E-state index contributed by atoms with van der Waals surface area (Å²) in [5, 5.41) is 2.79. The zero-order valence-electron chi connectivity index (χ0n) is 15.8. The first-order chi connectivity index (χ1) is 12.8. The number of methoxy groups -OCH3 is 1. The molecular weight excluding hydrogens is 364 g/mol. The fourth-order valence-corrected chi connectivity index (χ4v) is 3.84. The largest absolute Gasteiger partial charge is 0.383 e. The van der Waals surface area contributed by atoms with Gasteiger partial charge in [0.15, 0.2) is 0 Å². The van der Waals surface area contributed by atoms with E-state index in [1.165, 1.54) is 12.1 Å². The SMILES string of the molecule is COC[C@H](C)NC(=O)[C@H](Cc1ccccc1)NS(=O)(=O)c1ccc(C)cc1. The van der Waals surface area contributed by atoms with Gasteiger partial charge < -0.3 is 10.1 Å². The monoisotopic (exact) mass is 390 g/mol. The number of amides is 1. The second kappa shape index (κ2) is 9.64. The van der Waals surface area contributed by atoms with Crippen molar-refractivity contribution in [2.24, 2.45) is 0 Å². The lowest BCUT2D eigenvalue weighted by molar-refractivity contribution is -0.123. The second-order valence-electron chi connectivity index (χ2n) is 6.54. The molecule has 0 aliphatic carbocycles. The Hall–Kier alpha value is -2.22. The Morgan fingerprint density at radius 2 is 1.70 bits per heavy atom. The molecule has 2 rings (SSSR count). The van der Waals surface area contributed by atoms with Gasteiger partial charge >= 0.3 is 0 Å². The minimum absolute atomic E-state index is 0.129. The average molecular weight is 391 g/mol. The topological polar surface area (TPSA) is 84.5 Å². The number of sulfonamides is 1. The molecule has 0 bridgehead atoms. The number of aryl methyl sites for hydroxylation is 1. The highest BCUT2D eigenvalue weighted by molar-refractivity contribution is 7.89. The van der Waals surface area contributed by atoms with E-state index < -0.39 is 16.1 Å². The van der Waals surface area contributed by atoms with Crippen LogP contribution in [0.15, 0.2) is 59.5 Å². The molecule has 0 aliphatic rings. The van der Waals surface area contributed by atoms with Crippen LogP contribution in [0.25, 0.3) is 0 Å². The van der Waals surface area contributed by atoms with Gasteiger partial charge in [-0.3, -0.25) is 4.79 Å². The summed E-state index contributed by atoms with van der Waals surface area (Å²) in [6, 6.07) is 14.6. The lowest BCUT2D eigenvalue weighted by Crippen LogP contribution is -2.50. The fourth-order valence-electron chi connectivity index (χ4n) is 2.65. The number of rotatable bonds is 9. The van der Waals surface area contributed by atoms with Gasteiger partial charge in [-0.25, -0.2) is 8.42 Å². The molecule has 0 spiro atoms. The number of carbonyl (C=O) groups excluding carboxylic acids is 1. The summed E-state index contributed by atoms with van der Waals surface area (Å²) in [5.41, 5.74) is 1.82. The molecule has 146 valence electrons. The molecule has 7 heteroatoms. The van der Waals surface area contributed by atoms with E-state index in [-0.39, 0.29) is 23.3 Å². The molecule has 6 nitrogen and oxygen atoms in total. The van der Waals surface area contributed by atoms with Crippen LogP contribution >= 0.6 is 0 Å². The third-order valence-corrected chi connectivity index (χ3v) is 5.52. The molecule has 0 heterocycles. The molecule has 0 aliphatic heterocycles. The van der Waals surface area contributed by atoms with Crippen molar-refractivity contribution in [1.29, 1.82) is 0 Å². The maximum absolute atomic E-state index is 12.7. The predicted molar refractivity (Wildman–Crippen MR) is 105 cm³/mol. The first-order valence-electron chi connectivity index (χ1n) is 8.74. The predicted octanol–water partition coefficient (Wildman–Crippen LogP) is 2.04. The maximum Gasteiger partial charge on any atom is 0.241 e. The first-order valence-corrected chi connectivity index (χ1v) is 10.2. The second-order valence-corrected chi connectivity index (χ2v) is 8.26. The van der Waals surface area contributed by atoms with Gasteiger partial charge in [0, 0.05) is 13.2 Å². The van der Waals surface area contributed by atoms with Crippen molar-refractivity contribution in [2.75, 3.05) is 13.7 Å². The number of ether oxygens (including phenoxy) is 1. The maximum atomic E-state index is 12.7. The van der Waals surface area contributed by atoms with E-state index in [9.17, 15) is 13.2 Å². The summed E-state index contributed by atoms with van der Waals surface area (Å²) in [6.07, 6.45) is 0.247. The normalized spacial score (nSPS) is 13.7. The van der Waals surface area contributed by atoms with E-state index >= 15 is 0 Å². The number of benzene rings is 2. The Morgan fingerprint density at radius 1 is 1.07 bits per heavy atom. The fraction of sp³-hybridized carbons (Fsp3) is 0.350. The zero-order valence-corrected chi connectivity index (χ0v) is 16.6. The Balaban J connectivity index is 2.22. The lowest BCUT2D eigenvalue weighted by Gasteiger charge is -2.21. The van der Waals surface area contributed by atoms with Gasteiger partial charge in [0.25, 0.3) is 0 Å². The summed E-state index contributed by atoms with van der Waals surface area (Å²) >= 11 is 0. The summed E-state index contributed by atoms with van der Waals surface area (Å²) in [6.45, 7) is 4.02. The molecule has 2 aromatic rings. The van der Waals surface area contributed by atoms with Crippen molar-refractivity contribution < 1.29 is 17.9 Å². The minimum Gasteiger partial charge on any atom is -0.383 e. The molecule has 0 unspecified atom stereocenters. The molecule has 1 amide bonds. The van der Waals surface area contributed by atoms with Crippen molar-refractivity contribution >= 4 is 15.9 Å². The van der Waals surface area contributed by atoms with E-state index in [1.807, 2.05) is 37.3 Å². The molecule has 0 saturated carbocycles. The molecule has 0 fully saturated rings. The molecule has 0 aromatic heterocycles.